The van der Waals surface area contributed by atoms with E-state index in [2.05, 4.69) is 0 Å². The summed E-state index contributed by atoms with van der Waals surface area (Å²) in [6.07, 6.45) is 0. The number of carbonyl (C=O) groups excluding carboxylic acids is 1. The molecule has 0 bridgehead atoms. The minimum absolute atomic E-state index is 0.137. The molecule has 0 aliphatic carbocycles. The predicted octanol–water partition coefficient (Wildman–Crippen LogP) is 5.28. The Morgan fingerprint density at radius 2 is 1.72 bits per heavy atom. The van der Waals surface area contributed by atoms with E-state index in [0.29, 0.717) is 10.8 Å². The van der Waals surface area contributed by atoms with Gasteiger partial charge in [-0.1, -0.05) is 41.9 Å². The lowest BCUT2D eigenvalue weighted by atomic mass is 10.2. The molecule has 126 valence electrons. The fourth-order valence-electron chi connectivity index (χ4n) is 2.20. The molecule has 0 amide bonds. The van der Waals surface area contributed by atoms with Crippen molar-refractivity contribution in [3.63, 3.8) is 0 Å². The predicted molar refractivity (Wildman–Crippen MR) is 93.6 cm³/mol. The van der Waals surface area contributed by atoms with Crippen molar-refractivity contribution >= 4 is 17.6 Å². The molecule has 25 heavy (non-hydrogen) atoms. The third-order valence-electron chi connectivity index (χ3n) is 3.42. The number of carbonyl (C=O) groups is 1. The van der Waals surface area contributed by atoms with Crippen molar-refractivity contribution in [2.24, 2.45) is 0 Å². The highest BCUT2D eigenvalue weighted by Crippen LogP contribution is 2.22. The van der Waals surface area contributed by atoms with Crippen LogP contribution in [0, 0.1) is 5.82 Å². The van der Waals surface area contributed by atoms with E-state index in [1.54, 1.807) is 36.4 Å². The summed E-state index contributed by atoms with van der Waals surface area (Å²) in [4.78, 5) is 12.4. The molecular formula is C20H14ClFO3. The van der Waals surface area contributed by atoms with Crippen LogP contribution in [-0.2, 0) is 6.61 Å². The number of hydrogen-bond donors (Lipinski definition) is 0. The molecule has 0 N–H and O–H groups in total. The second-order valence-electron chi connectivity index (χ2n) is 5.26. The molecule has 3 nitrogen and oxygen atoms in total. The summed E-state index contributed by atoms with van der Waals surface area (Å²) in [6.45, 7) is 0.279. The topological polar surface area (TPSA) is 35.5 Å². The lowest BCUT2D eigenvalue weighted by Crippen LogP contribution is -2.11. The van der Waals surface area contributed by atoms with Gasteiger partial charge in [-0.2, -0.15) is 0 Å². The van der Waals surface area contributed by atoms with E-state index in [1.165, 1.54) is 18.2 Å². The minimum atomic E-state index is -0.614. The van der Waals surface area contributed by atoms with Gasteiger partial charge in [-0.25, -0.2) is 9.18 Å². The van der Waals surface area contributed by atoms with Crippen LogP contribution in [-0.4, -0.2) is 5.97 Å². The quantitative estimate of drug-likeness (QED) is 0.461. The van der Waals surface area contributed by atoms with Gasteiger partial charge in [0.1, 0.15) is 29.5 Å². The van der Waals surface area contributed by atoms with E-state index in [-0.39, 0.29) is 17.9 Å². The van der Waals surface area contributed by atoms with E-state index in [0.717, 1.165) is 11.6 Å². The zero-order valence-corrected chi connectivity index (χ0v) is 13.9. The highest BCUT2D eigenvalue weighted by Gasteiger charge is 2.15. The number of benzene rings is 3. The average Bonchev–Trinajstić information content (AvgIpc) is 2.61. The van der Waals surface area contributed by atoms with E-state index in [4.69, 9.17) is 21.1 Å². The molecule has 0 heterocycles. The van der Waals surface area contributed by atoms with Gasteiger partial charge in [-0.15, -0.1) is 0 Å². The smallest absolute Gasteiger partial charge is 0.347 e. The maximum absolute atomic E-state index is 13.2. The number of hydrogen-bond acceptors (Lipinski definition) is 3. The highest BCUT2D eigenvalue weighted by molar-refractivity contribution is 6.30. The summed E-state index contributed by atoms with van der Waals surface area (Å²) in [6, 6.07) is 19.4. The van der Waals surface area contributed by atoms with Crippen LogP contribution < -0.4 is 9.47 Å². The highest BCUT2D eigenvalue weighted by atomic mass is 35.5. The van der Waals surface area contributed by atoms with Gasteiger partial charge in [-0.3, -0.25) is 0 Å². The Balaban J connectivity index is 1.73. The van der Waals surface area contributed by atoms with Crippen molar-refractivity contribution < 1.29 is 18.7 Å². The van der Waals surface area contributed by atoms with Gasteiger partial charge < -0.3 is 9.47 Å². The zero-order valence-electron chi connectivity index (χ0n) is 13.1. The summed E-state index contributed by atoms with van der Waals surface area (Å²) in [5, 5.41) is 0.642. The van der Waals surface area contributed by atoms with E-state index < -0.39 is 11.8 Å². The van der Waals surface area contributed by atoms with Crippen molar-refractivity contribution in [2.75, 3.05) is 0 Å². The lowest BCUT2D eigenvalue weighted by molar-refractivity contribution is 0.0729. The number of rotatable bonds is 5. The average molecular weight is 357 g/mol. The van der Waals surface area contributed by atoms with Crippen LogP contribution in [0.1, 0.15) is 15.9 Å². The molecule has 0 aliphatic rings. The first-order valence-electron chi connectivity index (χ1n) is 7.56. The Labute approximate surface area is 149 Å². The molecule has 0 radical (unpaired) electrons. The van der Waals surface area contributed by atoms with Crippen molar-refractivity contribution in [1.29, 1.82) is 0 Å². The molecule has 0 spiro atoms. The molecule has 0 aliphatic heterocycles. The summed E-state index contributed by atoms with van der Waals surface area (Å²) >= 11 is 5.86. The van der Waals surface area contributed by atoms with Crippen molar-refractivity contribution in [3.05, 3.63) is 94.8 Å². The third-order valence-corrected chi connectivity index (χ3v) is 3.67. The Kier molecular flexibility index (Phi) is 5.31. The van der Waals surface area contributed by atoms with Crippen LogP contribution in [0.5, 0.6) is 11.5 Å². The molecule has 3 aromatic carbocycles. The van der Waals surface area contributed by atoms with Gasteiger partial charge in [0.15, 0.2) is 0 Å². The number of ether oxygens (including phenoxy) is 2. The van der Waals surface area contributed by atoms with Crippen molar-refractivity contribution in [2.45, 2.75) is 6.61 Å². The number of para-hydroxylation sites is 1. The molecule has 0 saturated carbocycles. The third kappa shape index (κ3) is 4.58. The van der Waals surface area contributed by atoms with Crippen molar-refractivity contribution in [3.8, 4) is 11.5 Å². The summed E-state index contributed by atoms with van der Waals surface area (Å²) < 4.78 is 24.2. The van der Waals surface area contributed by atoms with Crippen LogP contribution in [0.15, 0.2) is 72.8 Å². The minimum Gasteiger partial charge on any atom is -0.488 e. The van der Waals surface area contributed by atoms with E-state index in [9.17, 15) is 9.18 Å². The Bertz CT molecular complexity index is 878. The Morgan fingerprint density at radius 3 is 2.48 bits per heavy atom. The summed E-state index contributed by atoms with van der Waals surface area (Å²) in [5.74, 6) is -0.564. The second kappa shape index (κ2) is 7.81. The first kappa shape index (κ1) is 17.0. The Hall–Kier alpha value is -2.85. The van der Waals surface area contributed by atoms with E-state index in [1.807, 2.05) is 12.1 Å². The molecule has 0 fully saturated rings. The van der Waals surface area contributed by atoms with Crippen LogP contribution in [0.2, 0.25) is 5.02 Å². The van der Waals surface area contributed by atoms with E-state index >= 15 is 0 Å². The lowest BCUT2D eigenvalue weighted by Gasteiger charge is -2.11. The summed E-state index contributed by atoms with van der Waals surface area (Å²) in [7, 11) is 0. The molecule has 0 unspecified atom stereocenters. The molecule has 0 aromatic heterocycles. The molecule has 5 heteroatoms. The van der Waals surface area contributed by atoms with Gasteiger partial charge in [0, 0.05) is 11.1 Å². The Morgan fingerprint density at radius 1 is 0.960 bits per heavy atom. The molecule has 3 aromatic rings. The zero-order chi connectivity index (χ0) is 17.6. The molecule has 3 rings (SSSR count). The van der Waals surface area contributed by atoms with Gasteiger partial charge in [0.05, 0.1) is 0 Å². The van der Waals surface area contributed by atoms with Crippen molar-refractivity contribution in [1.82, 2.24) is 0 Å². The number of halogens is 2. The monoisotopic (exact) mass is 356 g/mol. The first-order valence-corrected chi connectivity index (χ1v) is 7.93. The second-order valence-corrected chi connectivity index (χ2v) is 5.69. The number of esters is 1. The standard InChI is InChI=1S/C20H14ClFO3/c21-15-10-8-14(9-11-15)13-24-19-7-2-1-6-18(19)20(23)25-17-5-3-4-16(22)12-17/h1-12H,13H2. The fourth-order valence-corrected chi connectivity index (χ4v) is 2.32. The van der Waals surface area contributed by atoms with Gasteiger partial charge >= 0.3 is 5.97 Å². The summed E-state index contributed by atoms with van der Waals surface area (Å²) in [5.41, 5.74) is 1.18. The maximum Gasteiger partial charge on any atom is 0.347 e. The molecule has 0 saturated heterocycles. The van der Waals surface area contributed by atoms with Crippen LogP contribution >= 0.6 is 11.6 Å². The SMILES string of the molecule is O=C(Oc1cccc(F)c1)c1ccccc1OCc1ccc(Cl)cc1. The normalized spacial score (nSPS) is 10.3. The fraction of sp³-hybridized carbons (Fsp3) is 0.0500. The van der Waals surface area contributed by atoms with Gasteiger partial charge in [0.2, 0.25) is 0 Å². The van der Waals surface area contributed by atoms with Crippen LogP contribution in [0.3, 0.4) is 0 Å². The maximum atomic E-state index is 13.2. The van der Waals surface area contributed by atoms with Crippen LogP contribution in [0.4, 0.5) is 4.39 Å². The van der Waals surface area contributed by atoms with Gasteiger partial charge in [0.25, 0.3) is 0 Å². The first-order chi connectivity index (χ1) is 12.1. The van der Waals surface area contributed by atoms with Gasteiger partial charge in [-0.05, 0) is 42.0 Å². The van der Waals surface area contributed by atoms with Crippen LogP contribution in [0.25, 0.3) is 0 Å². The molecule has 0 atom stereocenters. The largest absolute Gasteiger partial charge is 0.488 e. The molecular weight excluding hydrogens is 343 g/mol.